The van der Waals surface area contributed by atoms with Gasteiger partial charge in [0.2, 0.25) is 5.91 Å². The van der Waals surface area contributed by atoms with E-state index in [1.807, 2.05) is 30.3 Å². The lowest BCUT2D eigenvalue weighted by molar-refractivity contribution is -0.114. The first-order chi connectivity index (χ1) is 11.2. The minimum atomic E-state index is -0.0461. The number of hydrogen-bond acceptors (Lipinski definition) is 3. The Morgan fingerprint density at radius 3 is 2.74 bits per heavy atom. The van der Waals surface area contributed by atoms with E-state index in [1.54, 1.807) is 0 Å². The van der Waals surface area contributed by atoms with Crippen molar-refractivity contribution in [2.75, 3.05) is 16.8 Å². The first-order valence-corrected chi connectivity index (χ1v) is 7.80. The Morgan fingerprint density at radius 2 is 2.04 bits per heavy atom. The summed E-state index contributed by atoms with van der Waals surface area (Å²) in [5.41, 5.74) is 5.25. The van der Waals surface area contributed by atoms with Crippen molar-refractivity contribution in [1.29, 1.82) is 5.26 Å². The van der Waals surface area contributed by atoms with Crippen LogP contribution in [0.1, 0.15) is 30.0 Å². The third-order valence-electron chi connectivity index (χ3n) is 4.07. The molecule has 0 aromatic heterocycles. The molecule has 23 heavy (non-hydrogen) atoms. The van der Waals surface area contributed by atoms with E-state index in [2.05, 4.69) is 28.4 Å². The summed E-state index contributed by atoms with van der Waals surface area (Å²) >= 11 is 0. The monoisotopic (exact) mass is 305 g/mol. The molecule has 2 aromatic rings. The van der Waals surface area contributed by atoms with Gasteiger partial charge in [0.1, 0.15) is 0 Å². The van der Waals surface area contributed by atoms with E-state index in [9.17, 15) is 4.79 Å². The average molecular weight is 305 g/mol. The molecule has 1 heterocycles. The number of nitrogens with zero attached hydrogens (tertiary/aromatic N) is 2. The largest absolute Gasteiger partial charge is 0.367 e. The van der Waals surface area contributed by atoms with Gasteiger partial charge in [0.25, 0.3) is 0 Å². The van der Waals surface area contributed by atoms with Crippen LogP contribution in [0.15, 0.2) is 42.5 Å². The van der Waals surface area contributed by atoms with Gasteiger partial charge >= 0.3 is 0 Å². The van der Waals surface area contributed by atoms with Crippen LogP contribution in [0.3, 0.4) is 0 Å². The Kier molecular flexibility index (Phi) is 4.29. The van der Waals surface area contributed by atoms with Crippen LogP contribution in [0.25, 0.3) is 0 Å². The highest BCUT2D eigenvalue weighted by molar-refractivity contribution is 5.89. The maximum atomic E-state index is 11.2. The van der Waals surface area contributed by atoms with Crippen molar-refractivity contribution in [3.05, 3.63) is 59.2 Å². The normalized spacial score (nSPS) is 13.1. The molecule has 2 aromatic carbocycles. The van der Waals surface area contributed by atoms with Crippen LogP contribution in [0.2, 0.25) is 0 Å². The molecule has 0 aliphatic carbocycles. The van der Waals surface area contributed by atoms with Gasteiger partial charge in [-0.05, 0) is 54.3 Å². The third-order valence-corrected chi connectivity index (χ3v) is 4.07. The molecule has 1 aliphatic heterocycles. The second-order valence-electron chi connectivity index (χ2n) is 5.86. The van der Waals surface area contributed by atoms with E-state index in [1.165, 1.54) is 23.7 Å². The topological polar surface area (TPSA) is 56.1 Å². The van der Waals surface area contributed by atoms with Crippen molar-refractivity contribution in [1.82, 2.24) is 0 Å². The van der Waals surface area contributed by atoms with E-state index >= 15 is 0 Å². The Hall–Kier alpha value is -2.80. The smallest absolute Gasteiger partial charge is 0.221 e. The molecule has 0 saturated heterocycles. The number of anilines is 2. The summed E-state index contributed by atoms with van der Waals surface area (Å²) in [4.78, 5) is 13.6. The second kappa shape index (κ2) is 6.53. The van der Waals surface area contributed by atoms with Gasteiger partial charge in [-0.1, -0.05) is 12.1 Å². The molecule has 0 unspecified atom stereocenters. The highest BCUT2D eigenvalue weighted by Crippen LogP contribution is 2.30. The number of fused-ring (bicyclic) bond motifs is 1. The van der Waals surface area contributed by atoms with Gasteiger partial charge in [-0.2, -0.15) is 5.26 Å². The molecule has 0 saturated carbocycles. The Bertz CT molecular complexity index is 759. The molecular formula is C19H19N3O. The SMILES string of the molecule is CC(=O)Nc1ccc2c(c1)CCCN2Cc1ccc(C#N)cc1. The number of aryl methyl sites for hydroxylation is 1. The second-order valence-corrected chi connectivity index (χ2v) is 5.86. The lowest BCUT2D eigenvalue weighted by Crippen LogP contribution is -2.28. The maximum absolute atomic E-state index is 11.2. The molecule has 0 bridgehead atoms. The first-order valence-electron chi connectivity index (χ1n) is 7.80. The van der Waals surface area contributed by atoms with E-state index in [0.717, 1.165) is 31.6 Å². The van der Waals surface area contributed by atoms with Gasteiger partial charge < -0.3 is 10.2 Å². The number of hydrogen-bond donors (Lipinski definition) is 1. The Balaban J connectivity index is 1.80. The quantitative estimate of drug-likeness (QED) is 0.944. The van der Waals surface area contributed by atoms with E-state index in [4.69, 9.17) is 5.26 Å². The van der Waals surface area contributed by atoms with Crippen LogP contribution in [-0.4, -0.2) is 12.5 Å². The predicted octanol–water partition coefficient (Wildman–Crippen LogP) is 3.47. The van der Waals surface area contributed by atoms with Gasteiger partial charge in [0.15, 0.2) is 0 Å². The zero-order chi connectivity index (χ0) is 16.2. The van der Waals surface area contributed by atoms with Crippen LogP contribution in [0.4, 0.5) is 11.4 Å². The number of carbonyl (C=O) groups excluding carboxylic acids is 1. The molecule has 4 nitrogen and oxygen atoms in total. The van der Waals surface area contributed by atoms with Crippen molar-refractivity contribution in [3.63, 3.8) is 0 Å². The van der Waals surface area contributed by atoms with E-state index in [0.29, 0.717) is 5.56 Å². The summed E-state index contributed by atoms with van der Waals surface area (Å²) in [5, 5.41) is 11.7. The van der Waals surface area contributed by atoms with Crippen LogP contribution in [0.5, 0.6) is 0 Å². The van der Waals surface area contributed by atoms with Crippen LogP contribution >= 0.6 is 0 Å². The minimum Gasteiger partial charge on any atom is -0.367 e. The zero-order valence-electron chi connectivity index (χ0n) is 13.2. The highest BCUT2D eigenvalue weighted by Gasteiger charge is 2.17. The molecule has 1 amide bonds. The van der Waals surface area contributed by atoms with Crippen LogP contribution in [0, 0.1) is 11.3 Å². The molecule has 0 spiro atoms. The van der Waals surface area contributed by atoms with Crippen molar-refractivity contribution < 1.29 is 4.79 Å². The van der Waals surface area contributed by atoms with Crippen molar-refractivity contribution in [3.8, 4) is 6.07 Å². The number of nitrogens with one attached hydrogen (secondary N) is 1. The molecule has 3 rings (SSSR count). The lowest BCUT2D eigenvalue weighted by atomic mass is 10.00. The number of rotatable bonds is 3. The minimum absolute atomic E-state index is 0.0461. The lowest BCUT2D eigenvalue weighted by Gasteiger charge is -2.31. The molecule has 1 aliphatic rings. The van der Waals surface area contributed by atoms with E-state index in [-0.39, 0.29) is 5.91 Å². The molecule has 0 radical (unpaired) electrons. The highest BCUT2D eigenvalue weighted by atomic mass is 16.1. The van der Waals surface area contributed by atoms with E-state index < -0.39 is 0 Å². The average Bonchev–Trinajstić information content (AvgIpc) is 2.55. The van der Waals surface area contributed by atoms with Gasteiger partial charge in [0, 0.05) is 31.4 Å². The van der Waals surface area contributed by atoms with Gasteiger partial charge in [-0.25, -0.2) is 0 Å². The molecular weight excluding hydrogens is 286 g/mol. The number of amides is 1. The van der Waals surface area contributed by atoms with Gasteiger partial charge in [-0.15, -0.1) is 0 Å². The molecule has 4 heteroatoms. The number of carbonyl (C=O) groups is 1. The molecule has 0 atom stereocenters. The summed E-state index contributed by atoms with van der Waals surface area (Å²) in [6.07, 6.45) is 2.14. The summed E-state index contributed by atoms with van der Waals surface area (Å²) in [6, 6.07) is 16.0. The van der Waals surface area contributed by atoms with Gasteiger partial charge in [0.05, 0.1) is 11.6 Å². The fraction of sp³-hybridized carbons (Fsp3) is 0.263. The summed E-state index contributed by atoms with van der Waals surface area (Å²) in [6.45, 7) is 3.38. The number of nitriles is 1. The zero-order valence-corrected chi connectivity index (χ0v) is 13.2. The fourth-order valence-corrected chi connectivity index (χ4v) is 3.03. The van der Waals surface area contributed by atoms with Gasteiger partial charge in [-0.3, -0.25) is 4.79 Å². The molecule has 116 valence electrons. The fourth-order valence-electron chi connectivity index (χ4n) is 3.03. The third kappa shape index (κ3) is 3.51. The summed E-state index contributed by atoms with van der Waals surface area (Å²) < 4.78 is 0. The van der Waals surface area contributed by atoms with Crippen LogP contribution < -0.4 is 10.2 Å². The summed E-state index contributed by atoms with van der Waals surface area (Å²) in [5.74, 6) is -0.0461. The van der Waals surface area contributed by atoms with Crippen molar-refractivity contribution in [2.24, 2.45) is 0 Å². The van der Waals surface area contributed by atoms with Crippen molar-refractivity contribution in [2.45, 2.75) is 26.3 Å². The Labute approximate surface area is 136 Å². The predicted molar refractivity (Wildman–Crippen MR) is 91.3 cm³/mol. The number of benzene rings is 2. The Morgan fingerprint density at radius 1 is 1.26 bits per heavy atom. The molecule has 1 N–H and O–H groups in total. The maximum Gasteiger partial charge on any atom is 0.221 e. The summed E-state index contributed by atoms with van der Waals surface area (Å²) in [7, 11) is 0. The standard InChI is InChI=1S/C19H19N3O/c1-14(23)21-18-8-9-19-17(11-18)3-2-10-22(19)13-16-6-4-15(12-20)5-7-16/h4-9,11H,2-3,10,13H2,1H3,(H,21,23). The first kappa shape index (κ1) is 15.1. The van der Waals surface area contributed by atoms with Crippen molar-refractivity contribution >= 4 is 17.3 Å². The molecule has 0 fully saturated rings. The van der Waals surface area contributed by atoms with Crippen LogP contribution in [-0.2, 0) is 17.8 Å².